The van der Waals surface area contributed by atoms with E-state index in [1.165, 1.54) is 11.3 Å². The molecular formula is C25H24N4O2S. The molecule has 0 atom stereocenters. The molecule has 0 spiro atoms. The fourth-order valence-corrected chi connectivity index (χ4v) is 4.86. The van der Waals surface area contributed by atoms with Crippen molar-refractivity contribution < 1.29 is 4.42 Å². The SMILES string of the molecule is CCCn1c(-c2cc3ccccc3o2)csc1=Nc1c(C)n(C)n(-c2ccccc2)c1=O. The van der Waals surface area contributed by atoms with Gasteiger partial charge in [0.1, 0.15) is 5.58 Å². The van der Waals surface area contributed by atoms with Crippen LogP contribution in [0.2, 0.25) is 0 Å². The molecule has 5 aromatic rings. The van der Waals surface area contributed by atoms with Gasteiger partial charge in [0.2, 0.25) is 0 Å². The summed E-state index contributed by atoms with van der Waals surface area (Å²) in [5, 5.41) is 3.13. The van der Waals surface area contributed by atoms with Gasteiger partial charge in [0.05, 0.1) is 17.1 Å². The summed E-state index contributed by atoms with van der Waals surface area (Å²) in [7, 11) is 1.89. The minimum Gasteiger partial charge on any atom is -0.454 e. The zero-order valence-corrected chi connectivity index (χ0v) is 19.1. The maximum absolute atomic E-state index is 13.3. The van der Waals surface area contributed by atoms with E-state index in [1.54, 1.807) is 4.68 Å². The van der Waals surface area contributed by atoms with Crippen LogP contribution in [0.5, 0.6) is 0 Å². The van der Waals surface area contributed by atoms with Gasteiger partial charge in [0.25, 0.3) is 5.56 Å². The molecule has 0 saturated carbocycles. The van der Waals surface area contributed by atoms with Crippen LogP contribution in [-0.2, 0) is 13.6 Å². The van der Waals surface area contributed by atoms with Gasteiger partial charge in [0.15, 0.2) is 16.2 Å². The minimum absolute atomic E-state index is 0.127. The zero-order chi connectivity index (χ0) is 22.2. The van der Waals surface area contributed by atoms with E-state index in [0.29, 0.717) is 5.69 Å². The monoisotopic (exact) mass is 444 g/mol. The summed E-state index contributed by atoms with van der Waals surface area (Å²) in [6.07, 6.45) is 0.944. The molecule has 32 heavy (non-hydrogen) atoms. The maximum atomic E-state index is 13.3. The van der Waals surface area contributed by atoms with Gasteiger partial charge in [0, 0.05) is 24.4 Å². The van der Waals surface area contributed by atoms with E-state index in [4.69, 9.17) is 9.41 Å². The Morgan fingerprint density at radius 1 is 1.06 bits per heavy atom. The van der Waals surface area contributed by atoms with E-state index >= 15 is 0 Å². The number of para-hydroxylation sites is 2. The maximum Gasteiger partial charge on any atom is 0.297 e. The molecule has 0 saturated heterocycles. The number of benzene rings is 2. The molecule has 0 fully saturated rings. The molecule has 6 nitrogen and oxygen atoms in total. The first-order chi connectivity index (χ1) is 15.6. The second-order valence-corrected chi connectivity index (χ2v) is 8.56. The Morgan fingerprint density at radius 2 is 1.81 bits per heavy atom. The molecule has 0 unspecified atom stereocenters. The molecule has 0 aliphatic carbocycles. The van der Waals surface area contributed by atoms with Gasteiger partial charge in [-0.25, -0.2) is 9.67 Å². The van der Waals surface area contributed by atoms with Crippen molar-refractivity contribution in [2.24, 2.45) is 12.0 Å². The Bertz CT molecular complexity index is 1500. The molecule has 0 bridgehead atoms. The van der Waals surface area contributed by atoms with Crippen LogP contribution in [-0.4, -0.2) is 13.9 Å². The Balaban J connectivity index is 1.68. The lowest BCUT2D eigenvalue weighted by Crippen LogP contribution is -2.20. The molecule has 0 aliphatic rings. The van der Waals surface area contributed by atoms with Gasteiger partial charge < -0.3 is 8.98 Å². The third kappa shape index (κ3) is 3.35. The van der Waals surface area contributed by atoms with E-state index in [1.807, 2.05) is 73.3 Å². The lowest BCUT2D eigenvalue weighted by molar-refractivity contribution is 0.605. The van der Waals surface area contributed by atoms with Crippen molar-refractivity contribution in [2.75, 3.05) is 0 Å². The lowest BCUT2D eigenvalue weighted by atomic mass is 10.2. The van der Waals surface area contributed by atoms with Crippen LogP contribution in [0.3, 0.4) is 0 Å². The fraction of sp³-hybridized carbons (Fsp3) is 0.200. The number of rotatable bonds is 5. The van der Waals surface area contributed by atoms with Crippen molar-refractivity contribution >= 4 is 28.0 Å². The number of hydrogen-bond acceptors (Lipinski definition) is 4. The molecule has 3 aromatic heterocycles. The van der Waals surface area contributed by atoms with Crippen molar-refractivity contribution in [3.63, 3.8) is 0 Å². The van der Waals surface area contributed by atoms with E-state index < -0.39 is 0 Å². The second kappa shape index (κ2) is 8.16. The third-order valence-electron chi connectivity index (χ3n) is 5.65. The Kier molecular flexibility index (Phi) is 5.19. The van der Waals surface area contributed by atoms with Crippen molar-refractivity contribution in [2.45, 2.75) is 26.8 Å². The summed E-state index contributed by atoms with van der Waals surface area (Å²) in [4.78, 5) is 18.9. The van der Waals surface area contributed by atoms with Crippen molar-refractivity contribution in [1.29, 1.82) is 0 Å². The Labute approximate surface area is 189 Å². The first-order valence-corrected chi connectivity index (χ1v) is 11.5. The third-order valence-corrected chi connectivity index (χ3v) is 6.52. The fourth-order valence-electron chi connectivity index (χ4n) is 3.94. The van der Waals surface area contributed by atoms with Crippen LogP contribution in [0, 0.1) is 6.92 Å². The highest BCUT2D eigenvalue weighted by Gasteiger charge is 2.17. The van der Waals surface area contributed by atoms with Gasteiger partial charge >= 0.3 is 0 Å². The molecule has 5 rings (SSSR count). The topological polar surface area (TPSA) is 57.4 Å². The number of hydrogen-bond donors (Lipinski definition) is 0. The van der Waals surface area contributed by atoms with Crippen molar-refractivity contribution in [3.8, 4) is 17.1 Å². The zero-order valence-electron chi connectivity index (χ0n) is 18.3. The van der Waals surface area contributed by atoms with Crippen LogP contribution in [0.25, 0.3) is 28.1 Å². The highest BCUT2D eigenvalue weighted by Crippen LogP contribution is 2.28. The molecule has 7 heteroatoms. The molecular weight excluding hydrogens is 420 g/mol. The van der Waals surface area contributed by atoms with Crippen LogP contribution < -0.4 is 10.4 Å². The molecule has 0 N–H and O–H groups in total. The number of aromatic nitrogens is 3. The average molecular weight is 445 g/mol. The normalized spacial score (nSPS) is 12.2. The minimum atomic E-state index is -0.127. The summed E-state index contributed by atoms with van der Waals surface area (Å²) in [6.45, 7) is 4.85. The summed E-state index contributed by atoms with van der Waals surface area (Å²) in [5.74, 6) is 0.809. The second-order valence-electron chi connectivity index (χ2n) is 7.73. The molecule has 162 valence electrons. The number of thiazole rings is 1. The highest BCUT2D eigenvalue weighted by molar-refractivity contribution is 7.07. The quantitative estimate of drug-likeness (QED) is 0.364. The highest BCUT2D eigenvalue weighted by atomic mass is 32.1. The summed E-state index contributed by atoms with van der Waals surface area (Å²) in [5.41, 5.74) is 3.81. The van der Waals surface area contributed by atoms with Gasteiger partial charge in [-0.2, -0.15) is 0 Å². The van der Waals surface area contributed by atoms with Crippen LogP contribution in [0.4, 0.5) is 5.69 Å². The number of furan rings is 1. The smallest absolute Gasteiger partial charge is 0.297 e. The van der Waals surface area contributed by atoms with Gasteiger partial charge in [-0.3, -0.25) is 9.48 Å². The predicted molar refractivity (Wildman–Crippen MR) is 129 cm³/mol. The lowest BCUT2D eigenvalue weighted by Gasteiger charge is -2.07. The number of nitrogens with zero attached hydrogens (tertiary/aromatic N) is 4. The summed E-state index contributed by atoms with van der Waals surface area (Å²) in [6, 6.07) is 19.7. The number of fused-ring (bicyclic) bond motifs is 1. The largest absolute Gasteiger partial charge is 0.454 e. The van der Waals surface area contributed by atoms with E-state index in [9.17, 15) is 4.79 Å². The van der Waals surface area contributed by atoms with Crippen LogP contribution >= 0.6 is 11.3 Å². The average Bonchev–Trinajstić information content (AvgIpc) is 3.46. The van der Waals surface area contributed by atoms with E-state index in [2.05, 4.69) is 22.9 Å². The first kappa shape index (κ1) is 20.3. The van der Waals surface area contributed by atoms with Gasteiger partial charge in [-0.15, -0.1) is 11.3 Å². The molecule has 3 heterocycles. The van der Waals surface area contributed by atoms with E-state index in [-0.39, 0.29) is 5.56 Å². The standard InChI is InChI=1S/C25H24N4O2S/c1-4-14-28-20(22-15-18-10-8-9-13-21(18)31-22)16-32-25(28)26-23-17(2)27(3)29(24(23)30)19-11-6-5-7-12-19/h5-13,15-16H,4,14H2,1-3H3. The van der Waals surface area contributed by atoms with Crippen molar-refractivity contribution in [1.82, 2.24) is 13.9 Å². The molecule has 0 aliphatic heterocycles. The van der Waals surface area contributed by atoms with Crippen LogP contribution in [0.15, 0.2) is 80.2 Å². The van der Waals surface area contributed by atoms with Gasteiger partial charge in [-0.05, 0) is 37.6 Å². The first-order valence-electron chi connectivity index (χ1n) is 10.6. The predicted octanol–water partition coefficient (Wildman–Crippen LogP) is 5.40. The Morgan fingerprint density at radius 3 is 2.56 bits per heavy atom. The Hall–Kier alpha value is -3.58. The molecule has 0 radical (unpaired) electrons. The molecule has 2 aromatic carbocycles. The van der Waals surface area contributed by atoms with Gasteiger partial charge in [-0.1, -0.05) is 43.3 Å². The van der Waals surface area contributed by atoms with E-state index in [0.717, 1.165) is 51.6 Å². The van der Waals surface area contributed by atoms with Crippen molar-refractivity contribution in [3.05, 3.63) is 86.9 Å². The summed E-state index contributed by atoms with van der Waals surface area (Å²) < 4.78 is 11.8. The molecule has 0 amide bonds. The summed E-state index contributed by atoms with van der Waals surface area (Å²) >= 11 is 1.52. The van der Waals surface area contributed by atoms with Crippen LogP contribution in [0.1, 0.15) is 19.0 Å².